The number of aldehydes is 1. The minimum Gasteiger partial charge on any atom is -0.456 e. The second-order valence-electron chi connectivity index (χ2n) is 5.15. The van der Waals surface area contributed by atoms with Gasteiger partial charge in [-0.2, -0.15) is 0 Å². The summed E-state index contributed by atoms with van der Waals surface area (Å²) in [5, 5.41) is 0.458. The number of carbonyl (C=O) groups excluding carboxylic acids is 1. The maximum Gasteiger partial charge on any atom is 0.146 e. The summed E-state index contributed by atoms with van der Waals surface area (Å²) >= 11 is 6.11. The van der Waals surface area contributed by atoms with Crippen LogP contribution in [0.15, 0.2) is 36.4 Å². The first-order chi connectivity index (χ1) is 10.1. The van der Waals surface area contributed by atoms with Crippen molar-refractivity contribution in [2.24, 2.45) is 0 Å². The van der Waals surface area contributed by atoms with Crippen LogP contribution in [0.5, 0.6) is 11.5 Å². The van der Waals surface area contributed by atoms with Crippen molar-refractivity contribution in [2.75, 3.05) is 12.8 Å². The SMILES string of the molecule is CN1Cc2ccc(Oc3ccc(N)cc3Cl)cc2C1C=O. The molecule has 2 N–H and O–H groups in total. The zero-order valence-corrected chi connectivity index (χ0v) is 12.3. The van der Waals surface area contributed by atoms with Crippen molar-refractivity contribution in [3.05, 3.63) is 52.5 Å². The normalized spacial score (nSPS) is 17.5. The number of rotatable bonds is 3. The third-order valence-electron chi connectivity index (χ3n) is 3.64. The summed E-state index contributed by atoms with van der Waals surface area (Å²) in [6.45, 7) is 0.766. The van der Waals surface area contributed by atoms with Crippen molar-refractivity contribution in [3.8, 4) is 11.5 Å². The number of hydrogen-bond donors (Lipinski definition) is 1. The average Bonchev–Trinajstić information content (AvgIpc) is 2.76. The second kappa shape index (κ2) is 5.39. The highest BCUT2D eigenvalue weighted by Crippen LogP contribution is 2.36. The molecule has 0 radical (unpaired) electrons. The molecule has 0 fully saturated rings. The fourth-order valence-electron chi connectivity index (χ4n) is 2.56. The highest BCUT2D eigenvalue weighted by molar-refractivity contribution is 6.32. The van der Waals surface area contributed by atoms with E-state index >= 15 is 0 Å². The zero-order valence-electron chi connectivity index (χ0n) is 11.5. The molecule has 0 aliphatic carbocycles. The third-order valence-corrected chi connectivity index (χ3v) is 3.94. The molecule has 108 valence electrons. The van der Waals surface area contributed by atoms with Crippen molar-refractivity contribution in [1.29, 1.82) is 0 Å². The predicted octanol–water partition coefficient (Wildman–Crippen LogP) is 3.40. The van der Waals surface area contributed by atoms with Crippen LogP contribution in [0.4, 0.5) is 5.69 Å². The number of carbonyl (C=O) groups is 1. The monoisotopic (exact) mass is 302 g/mol. The van der Waals surface area contributed by atoms with Gasteiger partial charge in [0, 0.05) is 12.2 Å². The van der Waals surface area contributed by atoms with Crippen LogP contribution in [0, 0.1) is 0 Å². The maximum absolute atomic E-state index is 11.2. The molecule has 4 nitrogen and oxygen atoms in total. The Morgan fingerprint density at radius 1 is 1.33 bits per heavy atom. The number of anilines is 1. The lowest BCUT2D eigenvalue weighted by Crippen LogP contribution is -2.17. The summed E-state index contributed by atoms with van der Waals surface area (Å²) in [4.78, 5) is 13.2. The van der Waals surface area contributed by atoms with E-state index in [0.717, 1.165) is 24.0 Å². The lowest BCUT2D eigenvalue weighted by molar-refractivity contribution is -0.111. The number of nitrogens with zero attached hydrogens (tertiary/aromatic N) is 1. The molecular formula is C16H15ClN2O2. The number of halogens is 1. The number of nitrogen functional groups attached to an aromatic ring is 1. The molecule has 1 heterocycles. The van der Waals surface area contributed by atoms with Crippen LogP contribution in [-0.2, 0) is 11.3 Å². The first-order valence-electron chi connectivity index (χ1n) is 6.59. The highest BCUT2D eigenvalue weighted by Gasteiger charge is 2.27. The Labute approximate surface area is 128 Å². The average molecular weight is 303 g/mol. The van der Waals surface area contributed by atoms with E-state index in [1.807, 2.05) is 30.1 Å². The Bertz CT molecular complexity index is 703. The van der Waals surface area contributed by atoms with Crippen molar-refractivity contribution >= 4 is 23.6 Å². The molecule has 21 heavy (non-hydrogen) atoms. The van der Waals surface area contributed by atoms with Gasteiger partial charge in [0.1, 0.15) is 17.8 Å². The number of benzene rings is 2. The van der Waals surface area contributed by atoms with Crippen LogP contribution in [0.2, 0.25) is 5.02 Å². The van der Waals surface area contributed by atoms with E-state index in [0.29, 0.717) is 22.2 Å². The fourth-order valence-corrected chi connectivity index (χ4v) is 2.79. The Kier molecular flexibility index (Phi) is 3.57. The van der Waals surface area contributed by atoms with Crippen LogP contribution in [0.3, 0.4) is 0 Å². The second-order valence-corrected chi connectivity index (χ2v) is 5.56. The predicted molar refractivity (Wildman–Crippen MR) is 82.7 cm³/mol. The van der Waals surface area contributed by atoms with Crippen LogP contribution < -0.4 is 10.5 Å². The van der Waals surface area contributed by atoms with E-state index in [9.17, 15) is 4.79 Å². The van der Waals surface area contributed by atoms with Gasteiger partial charge in [-0.3, -0.25) is 4.90 Å². The van der Waals surface area contributed by atoms with Gasteiger partial charge in [-0.05, 0) is 48.5 Å². The molecule has 3 rings (SSSR count). The number of likely N-dealkylation sites (N-methyl/N-ethyl adjacent to an activating group) is 1. The van der Waals surface area contributed by atoms with Crippen LogP contribution >= 0.6 is 11.6 Å². The van der Waals surface area contributed by atoms with Crippen molar-refractivity contribution in [2.45, 2.75) is 12.6 Å². The lowest BCUT2D eigenvalue weighted by atomic mass is 10.1. The van der Waals surface area contributed by atoms with Gasteiger partial charge in [0.05, 0.1) is 11.1 Å². The largest absolute Gasteiger partial charge is 0.456 e. The molecule has 0 saturated heterocycles. The van der Waals surface area contributed by atoms with E-state index in [1.165, 1.54) is 0 Å². The maximum atomic E-state index is 11.2. The number of ether oxygens (including phenoxy) is 1. The molecule has 2 aromatic rings. The van der Waals surface area contributed by atoms with E-state index < -0.39 is 0 Å². The Morgan fingerprint density at radius 2 is 2.14 bits per heavy atom. The minimum absolute atomic E-state index is 0.217. The molecular weight excluding hydrogens is 288 g/mol. The molecule has 1 unspecified atom stereocenters. The highest BCUT2D eigenvalue weighted by atomic mass is 35.5. The summed E-state index contributed by atoms with van der Waals surface area (Å²) in [6.07, 6.45) is 0.950. The van der Waals surface area contributed by atoms with Gasteiger partial charge in [0.25, 0.3) is 0 Å². The first-order valence-corrected chi connectivity index (χ1v) is 6.97. The van der Waals surface area contributed by atoms with E-state index in [4.69, 9.17) is 22.1 Å². The number of hydrogen-bond acceptors (Lipinski definition) is 4. The van der Waals surface area contributed by atoms with E-state index in [-0.39, 0.29) is 6.04 Å². The third kappa shape index (κ3) is 2.60. The minimum atomic E-state index is -0.217. The number of nitrogens with two attached hydrogens (primary N) is 1. The topological polar surface area (TPSA) is 55.6 Å². The van der Waals surface area contributed by atoms with Gasteiger partial charge in [-0.25, -0.2) is 0 Å². The molecule has 0 spiro atoms. The standard InChI is InChI=1S/C16H15ClN2O2/c1-19-8-10-2-4-12(7-13(10)15(19)9-20)21-16-5-3-11(18)6-14(16)17/h2-7,9,15H,8,18H2,1H3. The summed E-state index contributed by atoms with van der Waals surface area (Å²) < 4.78 is 5.80. The summed E-state index contributed by atoms with van der Waals surface area (Å²) in [7, 11) is 1.93. The fraction of sp³-hybridized carbons (Fsp3) is 0.188. The zero-order chi connectivity index (χ0) is 15.0. The molecule has 0 bridgehead atoms. The summed E-state index contributed by atoms with van der Waals surface area (Å²) in [5.74, 6) is 1.20. The molecule has 2 aromatic carbocycles. The van der Waals surface area contributed by atoms with Gasteiger partial charge in [0.15, 0.2) is 0 Å². The van der Waals surface area contributed by atoms with Crippen LogP contribution in [-0.4, -0.2) is 18.2 Å². The molecule has 0 amide bonds. The molecule has 5 heteroatoms. The lowest BCUT2D eigenvalue weighted by Gasteiger charge is -2.13. The molecule has 0 aromatic heterocycles. The molecule has 0 saturated carbocycles. The smallest absolute Gasteiger partial charge is 0.146 e. The van der Waals surface area contributed by atoms with Crippen molar-refractivity contribution in [1.82, 2.24) is 4.90 Å². The van der Waals surface area contributed by atoms with Crippen molar-refractivity contribution in [3.63, 3.8) is 0 Å². The van der Waals surface area contributed by atoms with E-state index in [1.54, 1.807) is 18.2 Å². The van der Waals surface area contributed by atoms with Gasteiger partial charge in [0.2, 0.25) is 0 Å². The van der Waals surface area contributed by atoms with Gasteiger partial charge in [-0.1, -0.05) is 17.7 Å². The Morgan fingerprint density at radius 3 is 2.86 bits per heavy atom. The van der Waals surface area contributed by atoms with Crippen LogP contribution in [0.1, 0.15) is 17.2 Å². The molecule has 1 atom stereocenters. The number of fused-ring (bicyclic) bond motifs is 1. The Hall–Kier alpha value is -2.04. The van der Waals surface area contributed by atoms with Gasteiger partial charge >= 0.3 is 0 Å². The first kappa shape index (κ1) is 13.9. The van der Waals surface area contributed by atoms with Gasteiger partial charge in [-0.15, -0.1) is 0 Å². The van der Waals surface area contributed by atoms with Crippen LogP contribution in [0.25, 0.3) is 0 Å². The van der Waals surface area contributed by atoms with Gasteiger partial charge < -0.3 is 15.3 Å². The quantitative estimate of drug-likeness (QED) is 0.697. The van der Waals surface area contributed by atoms with E-state index in [2.05, 4.69) is 0 Å². The molecule has 1 aliphatic heterocycles. The van der Waals surface area contributed by atoms with Crippen molar-refractivity contribution < 1.29 is 9.53 Å². The Balaban J connectivity index is 1.91. The molecule has 1 aliphatic rings. The summed E-state index contributed by atoms with van der Waals surface area (Å²) in [5.41, 5.74) is 8.38. The summed E-state index contributed by atoms with van der Waals surface area (Å²) in [6, 6.07) is 10.6.